The van der Waals surface area contributed by atoms with Crippen LogP contribution in [-0.4, -0.2) is 46.6 Å². The maximum atomic E-state index is 12.0. The topological polar surface area (TPSA) is 82.5 Å². The predicted octanol–water partition coefficient (Wildman–Crippen LogP) is 2.56. The highest BCUT2D eigenvalue weighted by molar-refractivity contribution is 7.09. The van der Waals surface area contributed by atoms with Crippen molar-refractivity contribution >= 4 is 23.3 Å². The summed E-state index contributed by atoms with van der Waals surface area (Å²) in [6, 6.07) is -1.25. The van der Waals surface area contributed by atoms with E-state index < -0.39 is 12.0 Å². The number of carboxylic acid groups (broad SMARTS) is 1. The SMILES string of the molecule is CC(C)c1nc(CCN(C)C(=O)N[C@H](C(=O)O)C(C)C)cs1. The van der Waals surface area contributed by atoms with Gasteiger partial charge in [0.1, 0.15) is 6.04 Å². The fourth-order valence-corrected chi connectivity index (χ4v) is 2.71. The number of rotatable bonds is 7. The number of carbonyl (C=O) groups excluding carboxylic acids is 1. The van der Waals surface area contributed by atoms with Crippen molar-refractivity contribution in [2.75, 3.05) is 13.6 Å². The van der Waals surface area contributed by atoms with E-state index >= 15 is 0 Å². The van der Waals surface area contributed by atoms with Gasteiger partial charge in [-0.2, -0.15) is 0 Å². The van der Waals surface area contributed by atoms with Gasteiger partial charge in [0.25, 0.3) is 0 Å². The molecule has 1 atom stereocenters. The molecule has 22 heavy (non-hydrogen) atoms. The Hall–Kier alpha value is -1.63. The molecule has 0 bridgehead atoms. The summed E-state index contributed by atoms with van der Waals surface area (Å²) in [6.45, 7) is 8.22. The second kappa shape index (κ2) is 8.12. The Bertz CT molecular complexity index is 514. The fourth-order valence-electron chi connectivity index (χ4n) is 1.84. The van der Waals surface area contributed by atoms with Gasteiger partial charge in [-0.25, -0.2) is 14.6 Å². The first-order chi connectivity index (χ1) is 10.2. The third kappa shape index (κ3) is 5.29. The number of carboxylic acids is 1. The highest BCUT2D eigenvalue weighted by Gasteiger charge is 2.24. The molecule has 0 aliphatic carbocycles. The van der Waals surface area contributed by atoms with Crippen LogP contribution in [-0.2, 0) is 11.2 Å². The zero-order valence-electron chi connectivity index (χ0n) is 13.8. The first-order valence-corrected chi connectivity index (χ1v) is 8.29. The fraction of sp³-hybridized carbons (Fsp3) is 0.667. The van der Waals surface area contributed by atoms with Crippen molar-refractivity contribution in [3.05, 3.63) is 16.1 Å². The van der Waals surface area contributed by atoms with E-state index in [1.807, 2.05) is 5.38 Å². The lowest BCUT2D eigenvalue weighted by molar-refractivity contribution is -0.140. The van der Waals surface area contributed by atoms with Crippen molar-refractivity contribution in [3.8, 4) is 0 Å². The number of aromatic nitrogens is 1. The van der Waals surface area contributed by atoms with Crippen LogP contribution < -0.4 is 5.32 Å². The van der Waals surface area contributed by atoms with Crippen LogP contribution in [0.15, 0.2) is 5.38 Å². The van der Waals surface area contributed by atoms with Gasteiger partial charge < -0.3 is 15.3 Å². The highest BCUT2D eigenvalue weighted by atomic mass is 32.1. The van der Waals surface area contributed by atoms with E-state index in [9.17, 15) is 9.59 Å². The summed E-state index contributed by atoms with van der Waals surface area (Å²) < 4.78 is 0. The molecule has 1 rings (SSSR count). The molecule has 2 amide bonds. The van der Waals surface area contributed by atoms with Crippen LogP contribution in [0.3, 0.4) is 0 Å². The molecule has 0 aliphatic rings. The molecule has 124 valence electrons. The molecule has 1 aromatic heterocycles. The number of hydrogen-bond acceptors (Lipinski definition) is 4. The molecule has 0 aromatic carbocycles. The Morgan fingerprint density at radius 2 is 2.00 bits per heavy atom. The van der Waals surface area contributed by atoms with Crippen molar-refractivity contribution in [1.82, 2.24) is 15.2 Å². The van der Waals surface area contributed by atoms with Gasteiger partial charge in [-0.3, -0.25) is 0 Å². The molecule has 0 radical (unpaired) electrons. The van der Waals surface area contributed by atoms with E-state index in [1.54, 1.807) is 32.2 Å². The van der Waals surface area contributed by atoms with Crippen molar-refractivity contribution in [2.24, 2.45) is 5.92 Å². The highest BCUT2D eigenvalue weighted by Crippen LogP contribution is 2.19. The van der Waals surface area contributed by atoms with Crippen LogP contribution >= 0.6 is 11.3 Å². The van der Waals surface area contributed by atoms with Crippen LogP contribution in [0.1, 0.15) is 44.3 Å². The van der Waals surface area contributed by atoms with Gasteiger partial charge in [-0.1, -0.05) is 27.7 Å². The molecule has 0 saturated carbocycles. The molecule has 6 nitrogen and oxygen atoms in total. The maximum absolute atomic E-state index is 12.0. The lowest BCUT2D eigenvalue weighted by Crippen LogP contribution is -2.49. The minimum Gasteiger partial charge on any atom is -0.480 e. The monoisotopic (exact) mass is 327 g/mol. The van der Waals surface area contributed by atoms with Crippen LogP contribution in [0.4, 0.5) is 4.79 Å². The number of thiazole rings is 1. The minimum atomic E-state index is -1.02. The normalized spacial score (nSPS) is 12.5. The molecule has 0 aliphatic heterocycles. The predicted molar refractivity (Wildman–Crippen MR) is 87.3 cm³/mol. The third-order valence-electron chi connectivity index (χ3n) is 3.33. The Morgan fingerprint density at radius 3 is 2.45 bits per heavy atom. The van der Waals surface area contributed by atoms with Crippen molar-refractivity contribution < 1.29 is 14.7 Å². The molecule has 0 spiro atoms. The van der Waals surface area contributed by atoms with Gasteiger partial charge in [0, 0.05) is 31.3 Å². The molecule has 0 fully saturated rings. The zero-order chi connectivity index (χ0) is 16.9. The van der Waals surface area contributed by atoms with Crippen LogP contribution in [0.2, 0.25) is 0 Å². The van der Waals surface area contributed by atoms with Gasteiger partial charge in [0.15, 0.2) is 0 Å². The Kier molecular flexibility index (Phi) is 6.80. The van der Waals surface area contributed by atoms with E-state index in [1.165, 1.54) is 4.90 Å². The van der Waals surface area contributed by atoms with E-state index in [0.717, 1.165) is 10.7 Å². The number of amides is 2. The summed E-state index contributed by atoms with van der Waals surface area (Å²) in [6.07, 6.45) is 0.659. The maximum Gasteiger partial charge on any atom is 0.326 e. The number of aliphatic carboxylic acids is 1. The first kappa shape index (κ1) is 18.4. The largest absolute Gasteiger partial charge is 0.480 e. The summed E-state index contributed by atoms with van der Waals surface area (Å²) >= 11 is 1.63. The van der Waals surface area contributed by atoms with Crippen molar-refractivity contribution in [3.63, 3.8) is 0 Å². The number of hydrogen-bond donors (Lipinski definition) is 2. The lowest BCUT2D eigenvalue weighted by Gasteiger charge is -2.23. The Balaban J connectivity index is 2.51. The molecular formula is C15H25N3O3S. The molecule has 0 saturated heterocycles. The lowest BCUT2D eigenvalue weighted by atomic mass is 10.1. The zero-order valence-corrected chi connectivity index (χ0v) is 14.6. The standard InChI is InChI=1S/C15H25N3O3S/c1-9(2)12(14(19)20)17-15(21)18(5)7-6-11-8-22-13(16-11)10(3)4/h8-10,12H,6-7H2,1-5H3,(H,17,21)(H,19,20)/t12-/m0/s1. The molecule has 2 N–H and O–H groups in total. The first-order valence-electron chi connectivity index (χ1n) is 7.41. The summed E-state index contributed by atoms with van der Waals surface area (Å²) in [5, 5.41) is 14.7. The minimum absolute atomic E-state index is 0.165. The van der Waals surface area contributed by atoms with E-state index in [4.69, 9.17) is 5.11 Å². The number of urea groups is 1. The summed E-state index contributed by atoms with van der Waals surface area (Å²) in [5.74, 6) is -0.776. The van der Waals surface area contributed by atoms with Gasteiger partial charge in [-0.05, 0) is 5.92 Å². The van der Waals surface area contributed by atoms with Gasteiger partial charge in [0.05, 0.1) is 10.7 Å². The number of likely N-dealkylation sites (N-methyl/N-ethyl adjacent to an activating group) is 1. The molecule has 7 heteroatoms. The number of carbonyl (C=O) groups is 2. The Labute approximate surface area is 135 Å². The van der Waals surface area contributed by atoms with Gasteiger partial charge >= 0.3 is 12.0 Å². The average Bonchev–Trinajstić information content (AvgIpc) is 2.90. The smallest absolute Gasteiger partial charge is 0.326 e. The number of nitrogens with one attached hydrogen (secondary N) is 1. The Morgan fingerprint density at radius 1 is 1.36 bits per heavy atom. The second-order valence-electron chi connectivity index (χ2n) is 6.01. The van der Waals surface area contributed by atoms with Crippen LogP contribution in [0.25, 0.3) is 0 Å². The van der Waals surface area contributed by atoms with Gasteiger partial charge in [-0.15, -0.1) is 11.3 Å². The van der Waals surface area contributed by atoms with Crippen molar-refractivity contribution in [1.29, 1.82) is 0 Å². The van der Waals surface area contributed by atoms with E-state index in [0.29, 0.717) is 18.9 Å². The van der Waals surface area contributed by atoms with Crippen LogP contribution in [0.5, 0.6) is 0 Å². The summed E-state index contributed by atoms with van der Waals surface area (Å²) in [4.78, 5) is 29.2. The second-order valence-corrected chi connectivity index (χ2v) is 6.90. The number of nitrogens with zero attached hydrogens (tertiary/aromatic N) is 2. The average molecular weight is 327 g/mol. The molecular weight excluding hydrogens is 302 g/mol. The molecule has 0 unspecified atom stereocenters. The van der Waals surface area contributed by atoms with E-state index in [2.05, 4.69) is 24.1 Å². The van der Waals surface area contributed by atoms with Gasteiger partial charge in [0.2, 0.25) is 0 Å². The summed E-state index contributed by atoms with van der Waals surface area (Å²) in [5.41, 5.74) is 0.965. The molecule has 1 aromatic rings. The quantitative estimate of drug-likeness (QED) is 0.806. The van der Waals surface area contributed by atoms with Crippen LogP contribution in [0, 0.1) is 5.92 Å². The molecule has 1 heterocycles. The third-order valence-corrected chi connectivity index (χ3v) is 4.52. The van der Waals surface area contributed by atoms with Crippen molar-refractivity contribution in [2.45, 2.75) is 46.1 Å². The summed E-state index contributed by atoms with van der Waals surface area (Å²) in [7, 11) is 1.66. The van der Waals surface area contributed by atoms with E-state index in [-0.39, 0.29) is 11.9 Å².